The summed E-state index contributed by atoms with van der Waals surface area (Å²) in [6, 6.07) is 1.61. The van der Waals surface area contributed by atoms with E-state index < -0.39 is 54.8 Å². The summed E-state index contributed by atoms with van der Waals surface area (Å²) in [5.41, 5.74) is 0.608. The lowest BCUT2D eigenvalue weighted by Crippen LogP contribution is -2.67. The molecule has 1 aromatic carbocycles. The van der Waals surface area contributed by atoms with Crippen LogP contribution in [0.15, 0.2) is 12.1 Å². The Morgan fingerprint density at radius 3 is 2.46 bits per heavy atom. The molecule has 14 heteroatoms. The first kappa shape index (κ1) is 28.5. The lowest BCUT2D eigenvalue weighted by molar-refractivity contribution is -0.423. The second-order valence-electron chi connectivity index (χ2n) is 8.74. The molecule has 0 saturated carbocycles. The molecule has 1 fully saturated rings. The van der Waals surface area contributed by atoms with Crippen molar-refractivity contribution in [3.63, 3.8) is 0 Å². The quantitative estimate of drug-likeness (QED) is 0.283. The van der Waals surface area contributed by atoms with Crippen LogP contribution in [0, 0.1) is 18.6 Å². The van der Waals surface area contributed by atoms with Gasteiger partial charge in [-0.3, -0.25) is 4.68 Å². The predicted molar refractivity (Wildman–Crippen MR) is 120 cm³/mol. The molecule has 3 rings (SSSR count). The van der Waals surface area contributed by atoms with E-state index in [4.69, 9.17) is 18.9 Å². The molecular formula is C23H30F2N2O10. The molecule has 1 aliphatic rings. The molecule has 4 N–H and O–H groups in total. The van der Waals surface area contributed by atoms with Crippen LogP contribution in [0.1, 0.15) is 36.7 Å². The van der Waals surface area contributed by atoms with Gasteiger partial charge in [0.15, 0.2) is 17.7 Å². The van der Waals surface area contributed by atoms with E-state index in [1.165, 1.54) is 11.8 Å². The van der Waals surface area contributed by atoms with Gasteiger partial charge in [0, 0.05) is 29.8 Å². The third kappa shape index (κ3) is 5.78. The average molecular weight is 532 g/mol. The monoisotopic (exact) mass is 532 g/mol. The van der Waals surface area contributed by atoms with E-state index in [1.807, 2.05) is 0 Å². The normalized spacial score (nSPS) is 25.7. The highest BCUT2D eigenvalue weighted by atomic mass is 19.1. The van der Waals surface area contributed by atoms with Gasteiger partial charge in [-0.15, -0.1) is 5.10 Å². The van der Waals surface area contributed by atoms with Crippen LogP contribution in [0.3, 0.4) is 0 Å². The number of carbonyl (C=O) groups excluding carboxylic acids is 1. The summed E-state index contributed by atoms with van der Waals surface area (Å²) in [5, 5.41) is 46.3. The molecule has 0 aliphatic carbocycles. The van der Waals surface area contributed by atoms with Gasteiger partial charge >= 0.3 is 12.1 Å². The van der Waals surface area contributed by atoms with Crippen LogP contribution < -0.4 is 9.47 Å². The van der Waals surface area contributed by atoms with Crippen LogP contribution >= 0.6 is 0 Å². The Kier molecular flexibility index (Phi) is 8.59. The van der Waals surface area contributed by atoms with Crippen LogP contribution in [-0.2, 0) is 20.6 Å². The lowest BCUT2D eigenvalue weighted by Gasteiger charge is -2.44. The first-order chi connectivity index (χ1) is 17.3. The van der Waals surface area contributed by atoms with Gasteiger partial charge in [-0.1, -0.05) is 0 Å². The van der Waals surface area contributed by atoms with Crippen molar-refractivity contribution in [1.82, 2.24) is 9.78 Å². The summed E-state index contributed by atoms with van der Waals surface area (Å²) in [5.74, 6) is -5.16. The molecule has 0 unspecified atom stereocenters. The molecule has 0 spiro atoms. The number of hydrogen-bond donors (Lipinski definition) is 4. The van der Waals surface area contributed by atoms with Crippen molar-refractivity contribution in [1.29, 1.82) is 0 Å². The minimum Gasteiger partial charge on any atom is -0.494 e. The van der Waals surface area contributed by atoms with E-state index in [0.717, 1.165) is 19.2 Å². The van der Waals surface area contributed by atoms with Crippen LogP contribution in [0.5, 0.6) is 11.6 Å². The fraction of sp³-hybridized carbons (Fsp3) is 0.565. The van der Waals surface area contributed by atoms with Gasteiger partial charge in [-0.05, 0) is 32.4 Å². The highest BCUT2D eigenvalue weighted by Gasteiger charge is 2.56. The fourth-order valence-corrected chi connectivity index (χ4v) is 3.91. The zero-order valence-corrected chi connectivity index (χ0v) is 20.8. The third-order valence-corrected chi connectivity index (χ3v) is 5.94. The number of ether oxygens (including phenoxy) is 5. The van der Waals surface area contributed by atoms with E-state index in [0.29, 0.717) is 5.69 Å². The van der Waals surface area contributed by atoms with Crippen LogP contribution in [0.4, 0.5) is 13.6 Å². The van der Waals surface area contributed by atoms with Gasteiger partial charge in [0.05, 0.1) is 14.2 Å². The van der Waals surface area contributed by atoms with Gasteiger partial charge in [0.25, 0.3) is 0 Å². The number of aromatic nitrogens is 2. The van der Waals surface area contributed by atoms with Gasteiger partial charge in [-0.2, -0.15) is 0 Å². The van der Waals surface area contributed by atoms with Crippen LogP contribution in [-0.4, -0.2) is 87.6 Å². The van der Waals surface area contributed by atoms with Crippen molar-refractivity contribution in [2.24, 2.45) is 0 Å². The largest absolute Gasteiger partial charge is 0.508 e. The van der Waals surface area contributed by atoms with Crippen molar-refractivity contribution in [3.05, 3.63) is 40.6 Å². The summed E-state index contributed by atoms with van der Waals surface area (Å²) in [7, 11) is 2.25. The van der Waals surface area contributed by atoms with Crippen molar-refractivity contribution < 1.29 is 57.7 Å². The Balaban J connectivity index is 1.98. The first-order valence-corrected chi connectivity index (χ1v) is 11.3. The highest BCUT2D eigenvalue weighted by molar-refractivity contribution is 5.59. The minimum absolute atomic E-state index is 0.0773. The highest BCUT2D eigenvalue weighted by Crippen LogP contribution is 2.35. The molecule has 1 aliphatic heterocycles. The van der Waals surface area contributed by atoms with Crippen molar-refractivity contribution in [2.45, 2.75) is 63.6 Å². The van der Waals surface area contributed by atoms with Crippen molar-refractivity contribution in [2.75, 3.05) is 20.8 Å². The average Bonchev–Trinajstić information content (AvgIpc) is 3.15. The van der Waals surface area contributed by atoms with E-state index in [9.17, 15) is 34.0 Å². The number of carbonyl (C=O) groups is 1. The molecule has 1 aromatic heterocycles. The molecule has 12 nitrogen and oxygen atoms in total. The Bertz CT molecular complexity index is 1130. The number of nitrogens with zero attached hydrogens (tertiary/aromatic N) is 2. The number of halogens is 2. The Morgan fingerprint density at radius 1 is 1.19 bits per heavy atom. The standard InChI is InChI=1S/C23H30F2N2O10/c1-10(2)27-11(3)13(6-12-7-15(25)16(33-4)8-14(12)24)21(26-27)37-23(32)20(30)19(29)18(28)17(36-23)9-35-22(31)34-5/h7-8,10,17-20,28-30,32H,6,9H2,1-5H3/t17-,18-,19+,20-,23+/m1/s1. The minimum atomic E-state index is -2.98. The van der Waals surface area contributed by atoms with Gasteiger partial charge in [0.1, 0.15) is 30.7 Å². The van der Waals surface area contributed by atoms with Gasteiger partial charge < -0.3 is 44.1 Å². The van der Waals surface area contributed by atoms with E-state index in [1.54, 1.807) is 20.8 Å². The summed E-state index contributed by atoms with van der Waals surface area (Å²) < 4.78 is 55.2. The second-order valence-corrected chi connectivity index (χ2v) is 8.74. The number of methoxy groups -OCH3 is 2. The molecule has 0 radical (unpaired) electrons. The number of aliphatic hydroxyl groups is 4. The van der Waals surface area contributed by atoms with E-state index in [-0.39, 0.29) is 35.2 Å². The molecular weight excluding hydrogens is 502 g/mol. The summed E-state index contributed by atoms with van der Waals surface area (Å²) in [4.78, 5) is 11.3. The molecule has 37 heavy (non-hydrogen) atoms. The Morgan fingerprint density at radius 2 is 1.86 bits per heavy atom. The Labute approximate surface area is 210 Å². The lowest BCUT2D eigenvalue weighted by atomic mass is 9.97. The summed E-state index contributed by atoms with van der Waals surface area (Å²) >= 11 is 0. The predicted octanol–water partition coefficient (Wildman–Crippen LogP) is 0.939. The Hall–Kier alpha value is -3.04. The molecule has 1 saturated heterocycles. The second kappa shape index (κ2) is 11.1. The van der Waals surface area contributed by atoms with E-state index >= 15 is 0 Å². The maximum absolute atomic E-state index is 14.7. The molecule has 0 bridgehead atoms. The smallest absolute Gasteiger partial charge is 0.494 e. The fourth-order valence-electron chi connectivity index (χ4n) is 3.91. The van der Waals surface area contributed by atoms with E-state index in [2.05, 4.69) is 9.84 Å². The molecule has 2 aromatic rings. The molecule has 206 valence electrons. The summed E-state index contributed by atoms with van der Waals surface area (Å²) in [6.45, 7) is 4.55. The maximum atomic E-state index is 14.7. The van der Waals surface area contributed by atoms with Gasteiger partial charge in [-0.25, -0.2) is 13.6 Å². The topological polar surface area (TPSA) is 162 Å². The van der Waals surface area contributed by atoms with Crippen molar-refractivity contribution in [3.8, 4) is 11.6 Å². The van der Waals surface area contributed by atoms with Gasteiger partial charge in [0.2, 0.25) is 5.88 Å². The number of aliphatic hydroxyl groups excluding tert-OH is 3. The SMILES string of the molecule is COC(=O)OC[C@H]1O[C@](O)(Oc2nn(C(C)C)c(C)c2Cc2cc(F)c(OC)cc2F)[C@H](O)[C@@H](O)[C@@H]1O. The zero-order valence-electron chi connectivity index (χ0n) is 20.8. The van der Waals surface area contributed by atoms with Crippen LogP contribution in [0.25, 0.3) is 0 Å². The summed E-state index contributed by atoms with van der Waals surface area (Å²) in [6.07, 6.45) is -8.89. The molecule has 0 amide bonds. The van der Waals surface area contributed by atoms with Crippen molar-refractivity contribution >= 4 is 6.16 Å². The zero-order chi connectivity index (χ0) is 27.7. The first-order valence-electron chi connectivity index (χ1n) is 11.3. The number of benzene rings is 1. The number of rotatable bonds is 8. The maximum Gasteiger partial charge on any atom is 0.508 e. The number of hydrogen-bond acceptors (Lipinski definition) is 11. The third-order valence-electron chi connectivity index (χ3n) is 5.94. The van der Waals surface area contributed by atoms with Crippen LogP contribution in [0.2, 0.25) is 0 Å². The molecule has 2 heterocycles. The molecule has 5 atom stereocenters.